The minimum absolute atomic E-state index is 0.151. The van der Waals surface area contributed by atoms with Gasteiger partial charge in [0.1, 0.15) is 17.6 Å². The van der Waals surface area contributed by atoms with Crippen LogP contribution in [0.2, 0.25) is 0 Å². The quantitative estimate of drug-likeness (QED) is 0.102. The van der Waals surface area contributed by atoms with Crippen LogP contribution in [0.1, 0.15) is 120 Å². The lowest BCUT2D eigenvalue weighted by Crippen LogP contribution is -2.29. The van der Waals surface area contributed by atoms with Crippen LogP contribution in [0.5, 0.6) is 11.5 Å². The molecule has 0 unspecified atom stereocenters. The van der Waals surface area contributed by atoms with Crippen molar-refractivity contribution < 1.29 is 28.2 Å². The Morgan fingerprint density at radius 1 is 0.805 bits per heavy atom. The van der Waals surface area contributed by atoms with Crippen LogP contribution >= 0.6 is 0 Å². The summed E-state index contributed by atoms with van der Waals surface area (Å²) in [5.74, 6) is 0.787. The lowest BCUT2D eigenvalue weighted by Gasteiger charge is -2.28. The summed E-state index contributed by atoms with van der Waals surface area (Å²) in [5, 5.41) is 0. The van der Waals surface area contributed by atoms with Crippen molar-refractivity contribution in [1.29, 1.82) is 0 Å². The van der Waals surface area contributed by atoms with E-state index < -0.39 is 12.1 Å². The van der Waals surface area contributed by atoms with Crippen molar-refractivity contribution in [2.24, 2.45) is 5.92 Å². The molecule has 2 aromatic carbocycles. The van der Waals surface area contributed by atoms with Crippen molar-refractivity contribution in [2.45, 2.75) is 122 Å². The van der Waals surface area contributed by atoms with E-state index in [1.54, 1.807) is 12.1 Å². The van der Waals surface area contributed by atoms with Crippen LogP contribution in [0.3, 0.4) is 0 Å². The van der Waals surface area contributed by atoms with Gasteiger partial charge in [-0.3, -0.25) is 0 Å². The average molecular weight is 569 g/mol. The van der Waals surface area contributed by atoms with Crippen LogP contribution in [-0.2, 0) is 16.0 Å². The molecule has 0 amide bonds. The molecule has 3 rings (SSSR count). The van der Waals surface area contributed by atoms with Crippen molar-refractivity contribution in [3.8, 4) is 11.5 Å². The second kappa shape index (κ2) is 18.5. The molecule has 0 spiro atoms. The van der Waals surface area contributed by atoms with E-state index in [1.165, 1.54) is 37.7 Å². The van der Waals surface area contributed by atoms with Crippen LogP contribution in [-0.4, -0.2) is 30.8 Å². The molecule has 1 fully saturated rings. The molecule has 0 heterocycles. The maximum absolute atomic E-state index is 13.9. The lowest BCUT2D eigenvalue weighted by atomic mass is 9.83. The van der Waals surface area contributed by atoms with E-state index in [0.29, 0.717) is 30.3 Å². The number of halogens is 1. The second-order valence-corrected chi connectivity index (χ2v) is 11.4. The van der Waals surface area contributed by atoms with E-state index in [4.69, 9.17) is 14.2 Å². The molecule has 0 aliphatic heterocycles. The zero-order valence-corrected chi connectivity index (χ0v) is 25.1. The zero-order chi connectivity index (χ0) is 29.3. The first-order chi connectivity index (χ1) is 20.0. The number of alkyl halides is 1. The van der Waals surface area contributed by atoms with Gasteiger partial charge in [0.15, 0.2) is 6.17 Å². The first-order valence-corrected chi connectivity index (χ1v) is 15.9. The highest BCUT2D eigenvalue weighted by Gasteiger charge is 2.27. The average Bonchev–Trinajstić information content (AvgIpc) is 3.00. The summed E-state index contributed by atoms with van der Waals surface area (Å²) < 4.78 is 30.7. The van der Waals surface area contributed by atoms with E-state index in [-0.39, 0.29) is 18.5 Å². The minimum Gasteiger partial charge on any atom is -0.494 e. The van der Waals surface area contributed by atoms with Gasteiger partial charge in [0, 0.05) is 0 Å². The molecule has 1 aliphatic carbocycles. The van der Waals surface area contributed by atoms with Gasteiger partial charge in [0.05, 0.1) is 12.2 Å². The number of unbranched alkanes of at least 4 members (excludes halogenated alkanes) is 6. The monoisotopic (exact) mass is 568 g/mol. The van der Waals surface area contributed by atoms with Crippen LogP contribution in [0, 0.1) is 5.92 Å². The predicted molar refractivity (Wildman–Crippen MR) is 161 cm³/mol. The lowest BCUT2D eigenvalue weighted by molar-refractivity contribution is -0.157. The van der Waals surface area contributed by atoms with Gasteiger partial charge in [-0.15, -0.1) is 0 Å². The van der Waals surface area contributed by atoms with Crippen LogP contribution in [0.4, 0.5) is 4.39 Å². The van der Waals surface area contributed by atoms with Crippen LogP contribution in [0.15, 0.2) is 48.5 Å². The number of esters is 2. The molecule has 1 atom stereocenters. The molecular formula is C35H49FO5. The van der Waals surface area contributed by atoms with Gasteiger partial charge in [0.2, 0.25) is 0 Å². The smallest absolute Gasteiger partial charge is 0.343 e. The number of ether oxygens (including phenoxy) is 3. The fraction of sp³-hybridized carbons (Fsp3) is 0.600. The SMILES string of the molecule is CCCCCCCCOc1ccc(C(=O)Oc2ccc(CC[C@H]3CC[C@H](OC(=O)[C@@H](F)CCCC)CC3)cc2)cc1. The molecule has 0 N–H and O–H groups in total. The zero-order valence-electron chi connectivity index (χ0n) is 25.1. The Labute approximate surface area is 246 Å². The summed E-state index contributed by atoms with van der Waals surface area (Å²) in [6, 6.07) is 14.8. The van der Waals surface area contributed by atoms with Gasteiger partial charge in [-0.2, -0.15) is 0 Å². The van der Waals surface area contributed by atoms with E-state index in [9.17, 15) is 14.0 Å². The summed E-state index contributed by atoms with van der Waals surface area (Å²) >= 11 is 0. The molecule has 6 heteroatoms. The van der Waals surface area contributed by atoms with E-state index >= 15 is 0 Å². The normalized spacial score (nSPS) is 17.5. The van der Waals surface area contributed by atoms with E-state index in [0.717, 1.165) is 57.1 Å². The number of hydrogen-bond acceptors (Lipinski definition) is 5. The Morgan fingerprint density at radius 3 is 2.12 bits per heavy atom. The predicted octanol–water partition coefficient (Wildman–Crippen LogP) is 9.21. The number of rotatable bonds is 18. The summed E-state index contributed by atoms with van der Waals surface area (Å²) in [7, 11) is 0. The minimum atomic E-state index is -1.49. The maximum Gasteiger partial charge on any atom is 0.343 e. The molecule has 0 radical (unpaired) electrons. The highest BCUT2D eigenvalue weighted by molar-refractivity contribution is 5.91. The molecule has 226 valence electrons. The van der Waals surface area contributed by atoms with Crippen LogP contribution < -0.4 is 9.47 Å². The number of hydrogen-bond donors (Lipinski definition) is 0. The Bertz CT molecular complexity index is 1010. The molecular weight excluding hydrogens is 519 g/mol. The Morgan fingerprint density at radius 2 is 1.44 bits per heavy atom. The third-order valence-corrected chi connectivity index (χ3v) is 7.98. The van der Waals surface area contributed by atoms with Gasteiger partial charge in [-0.05, 0) is 99.2 Å². The van der Waals surface area contributed by atoms with Gasteiger partial charge < -0.3 is 14.2 Å². The van der Waals surface area contributed by atoms with Gasteiger partial charge in [-0.1, -0.05) is 70.9 Å². The number of carbonyl (C=O) groups excluding carboxylic acids is 2. The van der Waals surface area contributed by atoms with E-state index in [2.05, 4.69) is 6.92 Å². The molecule has 1 aliphatic rings. The van der Waals surface area contributed by atoms with Crippen molar-refractivity contribution in [2.75, 3.05) is 6.61 Å². The molecule has 41 heavy (non-hydrogen) atoms. The fourth-order valence-electron chi connectivity index (χ4n) is 5.30. The maximum atomic E-state index is 13.9. The Kier molecular flexibility index (Phi) is 14.7. The van der Waals surface area contributed by atoms with Crippen molar-refractivity contribution in [1.82, 2.24) is 0 Å². The summed E-state index contributed by atoms with van der Waals surface area (Å²) in [6.07, 6.45) is 13.1. The Balaban J connectivity index is 1.32. The van der Waals surface area contributed by atoms with Crippen LogP contribution in [0.25, 0.3) is 0 Å². The molecule has 0 aromatic heterocycles. The standard InChI is InChI=1S/C35H49FO5/c1-3-5-7-8-9-10-26-39-30-24-18-29(19-25-30)34(37)40-31-20-14-27(15-21-31)12-13-28-16-22-32(23-17-28)41-35(38)33(36)11-6-4-2/h14-15,18-21,24-25,28,32-33H,3-13,16-17,22-23,26H2,1-2H3/t28-,32-,33-/m0/s1. The molecule has 0 saturated heterocycles. The summed E-state index contributed by atoms with van der Waals surface area (Å²) in [4.78, 5) is 24.5. The molecule has 1 saturated carbocycles. The van der Waals surface area contributed by atoms with E-state index in [1.807, 2.05) is 43.3 Å². The van der Waals surface area contributed by atoms with Gasteiger partial charge in [0.25, 0.3) is 0 Å². The molecule has 0 bridgehead atoms. The largest absolute Gasteiger partial charge is 0.494 e. The number of carbonyl (C=O) groups is 2. The van der Waals surface area contributed by atoms with Gasteiger partial charge in [-0.25, -0.2) is 14.0 Å². The highest BCUT2D eigenvalue weighted by Crippen LogP contribution is 2.30. The first kappa shape index (κ1) is 32.6. The second-order valence-electron chi connectivity index (χ2n) is 11.4. The van der Waals surface area contributed by atoms with Crippen molar-refractivity contribution in [3.05, 3.63) is 59.7 Å². The van der Waals surface area contributed by atoms with Gasteiger partial charge >= 0.3 is 11.9 Å². The fourth-order valence-corrected chi connectivity index (χ4v) is 5.30. The Hall–Kier alpha value is -2.89. The highest BCUT2D eigenvalue weighted by atomic mass is 19.1. The number of benzene rings is 2. The summed E-state index contributed by atoms with van der Waals surface area (Å²) in [5.41, 5.74) is 1.69. The third kappa shape index (κ3) is 12.2. The van der Waals surface area contributed by atoms with Crippen molar-refractivity contribution in [3.63, 3.8) is 0 Å². The molecule has 5 nitrogen and oxygen atoms in total. The number of aryl methyl sites for hydroxylation is 1. The summed E-state index contributed by atoms with van der Waals surface area (Å²) in [6.45, 7) is 4.90. The first-order valence-electron chi connectivity index (χ1n) is 15.9. The topological polar surface area (TPSA) is 61.8 Å². The third-order valence-electron chi connectivity index (χ3n) is 7.98. The molecule has 2 aromatic rings. The van der Waals surface area contributed by atoms with Crippen molar-refractivity contribution >= 4 is 11.9 Å².